The zero-order valence-corrected chi connectivity index (χ0v) is 16.6. The highest BCUT2D eigenvalue weighted by atomic mass is 79.9. The summed E-state index contributed by atoms with van der Waals surface area (Å²) in [7, 11) is -2.03. The van der Waals surface area contributed by atoms with E-state index in [1.807, 2.05) is 24.3 Å². The van der Waals surface area contributed by atoms with Gasteiger partial charge in [-0.15, -0.1) is 0 Å². The summed E-state index contributed by atoms with van der Waals surface area (Å²) >= 11 is 3.31. The summed E-state index contributed by atoms with van der Waals surface area (Å²) in [4.78, 5) is 12.6. The molecule has 0 unspecified atom stereocenters. The smallest absolute Gasteiger partial charge is 0.252 e. The molecule has 3 rings (SSSR count). The van der Waals surface area contributed by atoms with Gasteiger partial charge in [0.05, 0.1) is 17.6 Å². The van der Waals surface area contributed by atoms with Crippen LogP contribution in [0.2, 0.25) is 0 Å². The normalized spacial score (nSPS) is 14.1. The molecule has 0 aromatic heterocycles. The van der Waals surface area contributed by atoms with Crippen LogP contribution in [0.15, 0.2) is 51.8 Å². The van der Waals surface area contributed by atoms with Crippen LogP contribution in [0, 0.1) is 0 Å². The Hall–Kier alpha value is -1.90. The lowest BCUT2D eigenvalue weighted by atomic mass is 10.2. The molecule has 1 fully saturated rings. The third kappa shape index (κ3) is 4.63. The average molecular weight is 439 g/mol. The topological polar surface area (TPSA) is 84.5 Å². The van der Waals surface area contributed by atoms with Gasteiger partial charge in [-0.3, -0.25) is 4.79 Å². The second kappa shape index (κ2) is 7.77. The molecule has 2 N–H and O–H groups in total. The van der Waals surface area contributed by atoms with Gasteiger partial charge in [-0.25, -0.2) is 13.1 Å². The molecule has 0 saturated heterocycles. The van der Waals surface area contributed by atoms with Crippen molar-refractivity contribution in [3.63, 3.8) is 0 Å². The van der Waals surface area contributed by atoms with Gasteiger partial charge >= 0.3 is 0 Å². The van der Waals surface area contributed by atoms with Crippen molar-refractivity contribution in [2.75, 3.05) is 7.11 Å². The first-order chi connectivity index (χ1) is 12.4. The number of rotatable bonds is 7. The predicted molar refractivity (Wildman–Crippen MR) is 102 cm³/mol. The minimum atomic E-state index is -3.61. The van der Waals surface area contributed by atoms with Crippen LogP contribution >= 0.6 is 15.9 Å². The van der Waals surface area contributed by atoms with Gasteiger partial charge in [0.15, 0.2) is 0 Å². The third-order valence-electron chi connectivity index (χ3n) is 3.98. The van der Waals surface area contributed by atoms with Gasteiger partial charge in [0.2, 0.25) is 10.0 Å². The van der Waals surface area contributed by atoms with Crippen LogP contribution in [0.5, 0.6) is 5.75 Å². The molecule has 6 nitrogen and oxygen atoms in total. The van der Waals surface area contributed by atoms with Crippen molar-refractivity contribution >= 4 is 31.9 Å². The molecule has 0 bridgehead atoms. The molecular weight excluding hydrogens is 420 g/mol. The number of methoxy groups -OCH3 is 1. The molecule has 1 amide bonds. The standard InChI is InChI=1S/C18H19BrN2O4S/c1-25-14-4-2-3-12(9-14)11-20-18(22)16-10-15(7-8-17(16)19)26(23,24)21-13-5-6-13/h2-4,7-10,13,21H,5-6,11H2,1H3,(H,20,22). The number of benzene rings is 2. The Labute approximate surface area is 161 Å². The Morgan fingerprint density at radius 1 is 1.23 bits per heavy atom. The lowest BCUT2D eigenvalue weighted by Crippen LogP contribution is -2.27. The fraction of sp³-hybridized carbons (Fsp3) is 0.278. The summed E-state index contributed by atoms with van der Waals surface area (Å²) in [6.45, 7) is 0.305. The molecule has 2 aromatic carbocycles. The van der Waals surface area contributed by atoms with Crippen molar-refractivity contribution in [3.05, 3.63) is 58.1 Å². The van der Waals surface area contributed by atoms with Crippen LogP contribution in [-0.4, -0.2) is 27.5 Å². The van der Waals surface area contributed by atoms with Gasteiger partial charge < -0.3 is 10.1 Å². The SMILES string of the molecule is COc1cccc(CNC(=O)c2cc(S(=O)(=O)NC3CC3)ccc2Br)c1. The van der Waals surface area contributed by atoms with Gasteiger partial charge in [0.25, 0.3) is 5.91 Å². The zero-order valence-electron chi connectivity index (χ0n) is 14.2. The van der Waals surface area contributed by atoms with E-state index in [1.54, 1.807) is 13.2 Å². The lowest BCUT2D eigenvalue weighted by Gasteiger charge is -2.11. The van der Waals surface area contributed by atoms with Crippen molar-refractivity contribution in [1.29, 1.82) is 0 Å². The fourth-order valence-electron chi connectivity index (χ4n) is 2.39. The van der Waals surface area contributed by atoms with Crippen LogP contribution in [0.1, 0.15) is 28.8 Å². The maximum Gasteiger partial charge on any atom is 0.252 e. The Balaban J connectivity index is 1.74. The molecular formula is C18H19BrN2O4S. The van der Waals surface area contributed by atoms with Gasteiger partial charge in [-0.2, -0.15) is 0 Å². The van der Waals surface area contributed by atoms with Crippen LogP contribution in [0.4, 0.5) is 0 Å². The van der Waals surface area contributed by atoms with Gasteiger partial charge in [0, 0.05) is 17.1 Å². The summed E-state index contributed by atoms with van der Waals surface area (Å²) < 4.78 is 33.0. The second-order valence-electron chi connectivity index (χ2n) is 6.07. The van der Waals surface area contributed by atoms with E-state index in [2.05, 4.69) is 26.0 Å². The minimum absolute atomic E-state index is 0.00832. The lowest BCUT2D eigenvalue weighted by molar-refractivity contribution is 0.0950. The van der Waals surface area contributed by atoms with Crippen molar-refractivity contribution in [3.8, 4) is 5.75 Å². The Morgan fingerprint density at radius 2 is 2.00 bits per heavy atom. The van der Waals surface area contributed by atoms with Crippen LogP contribution in [0.3, 0.4) is 0 Å². The molecule has 138 valence electrons. The van der Waals surface area contributed by atoms with Crippen molar-refractivity contribution < 1.29 is 17.9 Å². The number of carbonyl (C=O) groups is 1. The maximum atomic E-state index is 12.5. The molecule has 1 aliphatic carbocycles. The highest BCUT2D eigenvalue weighted by molar-refractivity contribution is 9.10. The van der Waals surface area contributed by atoms with E-state index in [-0.39, 0.29) is 22.4 Å². The molecule has 0 aliphatic heterocycles. The van der Waals surface area contributed by atoms with E-state index in [4.69, 9.17) is 4.74 Å². The molecule has 0 radical (unpaired) electrons. The summed E-state index contributed by atoms with van der Waals surface area (Å²) in [6, 6.07) is 11.8. The van der Waals surface area contributed by atoms with Crippen LogP contribution in [0.25, 0.3) is 0 Å². The first kappa shape index (κ1) is 18.9. The Morgan fingerprint density at radius 3 is 2.69 bits per heavy atom. The molecule has 26 heavy (non-hydrogen) atoms. The zero-order chi connectivity index (χ0) is 18.7. The number of hydrogen-bond acceptors (Lipinski definition) is 4. The van der Waals surface area contributed by atoms with E-state index in [0.717, 1.165) is 18.4 Å². The van der Waals surface area contributed by atoms with Crippen molar-refractivity contribution in [2.45, 2.75) is 30.3 Å². The Kier molecular flexibility index (Phi) is 5.64. The van der Waals surface area contributed by atoms with E-state index in [1.165, 1.54) is 12.1 Å². The second-order valence-corrected chi connectivity index (χ2v) is 8.64. The number of hydrogen-bond donors (Lipinski definition) is 2. The first-order valence-electron chi connectivity index (χ1n) is 8.12. The number of sulfonamides is 1. The van der Waals surface area contributed by atoms with E-state index in [0.29, 0.717) is 16.8 Å². The highest BCUT2D eigenvalue weighted by Crippen LogP contribution is 2.25. The molecule has 0 spiro atoms. The molecule has 1 saturated carbocycles. The van der Waals surface area contributed by atoms with Gasteiger partial charge in [-0.1, -0.05) is 12.1 Å². The van der Waals surface area contributed by atoms with Crippen LogP contribution in [-0.2, 0) is 16.6 Å². The number of ether oxygens (including phenoxy) is 1. The molecule has 2 aromatic rings. The summed E-state index contributed by atoms with van der Waals surface area (Å²) in [5.41, 5.74) is 1.15. The van der Waals surface area contributed by atoms with Gasteiger partial charge in [-0.05, 0) is 64.7 Å². The Bertz CT molecular complexity index is 927. The summed E-state index contributed by atoms with van der Waals surface area (Å²) in [6.07, 6.45) is 1.70. The first-order valence-corrected chi connectivity index (χ1v) is 10.4. The molecule has 0 atom stereocenters. The monoisotopic (exact) mass is 438 g/mol. The maximum absolute atomic E-state index is 12.5. The fourth-order valence-corrected chi connectivity index (χ4v) is 4.15. The predicted octanol–water partition coefficient (Wildman–Crippen LogP) is 2.83. The minimum Gasteiger partial charge on any atom is -0.497 e. The quantitative estimate of drug-likeness (QED) is 0.695. The highest BCUT2D eigenvalue weighted by Gasteiger charge is 2.28. The van der Waals surface area contributed by atoms with Gasteiger partial charge in [0.1, 0.15) is 5.75 Å². The molecule has 0 heterocycles. The van der Waals surface area contributed by atoms with Crippen molar-refractivity contribution in [2.24, 2.45) is 0 Å². The number of nitrogens with one attached hydrogen (secondary N) is 2. The van der Waals surface area contributed by atoms with Crippen molar-refractivity contribution in [1.82, 2.24) is 10.0 Å². The van der Waals surface area contributed by atoms with E-state index >= 15 is 0 Å². The van der Waals surface area contributed by atoms with E-state index in [9.17, 15) is 13.2 Å². The molecule has 8 heteroatoms. The van der Waals surface area contributed by atoms with E-state index < -0.39 is 10.0 Å². The summed E-state index contributed by atoms with van der Waals surface area (Å²) in [5, 5.41) is 2.80. The average Bonchev–Trinajstić information content (AvgIpc) is 3.43. The number of carbonyl (C=O) groups excluding carboxylic acids is 1. The number of amides is 1. The van der Waals surface area contributed by atoms with Crippen LogP contribution < -0.4 is 14.8 Å². The number of halogens is 1. The molecule has 1 aliphatic rings. The summed E-state index contributed by atoms with van der Waals surface area (Å²) in [5.74, 6) is 0.348. The third-order valence-corrected chi connectivity index (χ3v) is 6.19. The largest absolute Gasteiger partial charge is 0.497 e.